The van der Waals surface area contributed by atoms with Crippen LogP contribution >= 0.6 is 0 Å². The number of carbonyl (C=O) groups is 3. The minimum absolute atomic E-state index is 0. The lowest BCUT2D eigenvalue weighted by Crippen LogP contribution is -2.31. The molecule has 0 aromatic heterocycles. The highest BCUT2D eigenvalue weighted by molar-refractivity contribution is 5.84. The molecule has 1 amide bonds. The van der Waals surface area contributed by atoms with E-state index in [1.165, 1.54) is 13.8 Å². The van der Waals surface area contributed by atoms with Crippen molar-refractivity contribution in [3.05, 3.63) is 0 Å². The van der Waals surface area contributed by atoms with E-state index in [1.54, 1.807) is 0 Å². The van der Waals surface area contributed by atoms with Crippen LogP contribution in [0.25, 0.3) is 0 Å². The number of hydrogen-bond donors (Lipinski definition) is 1. The van der Waals surface area contributed by atoms with Crippen LogP contribution < -0.4 is 5.32 Å². The monoisotopic (exact) mass is 381 g/mol. The fourth-order valence-electron chi connectivity index (χ4n) is 1.46. The summed E-state index contributed by atoms with van der Waals surface area (Å²) in [5.41, 5.74) is 0. The number of ketones is 2. The van der Waals surface area contributed by atoms with Crippen LogP contribution in [0.5, 0.6) is 0 Å². The summed E-state index contributed by atoms with van der Waals surface area (Å²) < 4.78 is 15.6. The minimum Gasteiger partial charge on any atom is -0.379 e. The first-order valence-corrected chi connectivity index (χ1v) is 7.51. The summed E-state index contributed by atoms with van der Waals surface area (Å²) in [5, 5.41) is 2.44. The van der Waals surface area contributed by atoms with Gasteiger partial charge in [-0.05, 0) is 33.1 Å². The molecule has 7 heteroatoms. The molecule has 0 unspecified atom stereocenters. The van der Waals surface area contributed by atoms with Gasteiger partial charge in [0.25, 0.3) is 0 Å². The lowest BCUT2D eigenvalue weighted by atomic mass is 10.2. The summed E-state index contributed by atoms with van der Waals surface area (Å²) >= 11 is 0. The molecule has 0 fully saturated rings. The van der Waals surface area contributed by atoms with Gasteiger partial charge in [0.15, 0.2) is 5.78 Å². The molecule has 26 heavy (non-hydrogen) atoms. The molecule has 0 aromatic rings. The number of Topliss-reactive ketones (excluding diaryl/α,β-unsaturated/α-hetero) is 2. The quantitative estimate of drug-likeness (QED) is 0.438. The zero-order valence-corrected chi connectivity index (χ0v) is 13.5. The van der Waals surface area contributed by atoms with Gasteiger partial charge in [-0.25, -0.2) is 0 Å². The number of carbonyl (C=O) groups excluding carboxylic acids is 3. The van der Waals surface area contributed by atoms with Crippen molar-refractivity contribution >= 4 is 17.5 Å². The van der Waals surface area contributed by atoms with E-state index in [-0.39, 0.29) is 66.9 Å². The first-order chi connectivity index (χ1) is 10.5. The van der Waals surface area contributed by atoms with Crippen molar-refractivity contribution in [1.29, 1.82) is 0 Å². The van der Waals surface area contributed by atoms with Crippen molar-refractivity contribution < 1.29 is 28.6 Å². The van der Waals surface area contributed by atoms with Crippen LogP contribution in [0.1, 0.15) is 62.8 Å². The summed E-state index contributed by atoms with van der Waals surface area (Å²) in [6.45, 7) is 5.07. The van der Waals surface area contributed by atoms with Gasteiger partial charge < -0.3 is 19.5 Å². The van der Waals surface area contributed by atoms with E-state index in [4.69, 9.17) is 14.2 Å². The van der Waals surface area contributed by atoms with E-state index < -0.39 is 0 Å². The van der Waals surface area contributed by atoms with Crippen molar-refractivity contribution in [2.24, 2.45) is 0 Å². The third-order valence-corrected chi connectivity index (χ3v) is 2.52. The van der Waals surface area contributed by atoms with Crippen molar-refractivity contribution in [2.45, 2.75) is 62.8 Å². The van der Waals surface area contributed by atoms with E-state index in [9.17, 15) is 14.4 Å². The van der Waals surface area contributed by atoms with Crippen LogP contribution in [0.4, 0.5) is 0 Å². The molecule has 1 N–H and O–H groups in total. The van der Waals surface area contributed by atoms with Crippen LogP contribution in [-0.2, 0) is 28.6 Å². The Kier molecular flexibility index (Phi) is 35.6. The fraction of sp³-hybridized carbons (Fsp3) is 0.842. The SMILES string of the molecule is C.C.C.C.CC(=O)CNC(=O)COCCOCCCCCOCC(C)=O. The number of hydrogen-bond acceptors (Lipinski definition) is 6. The van der Waals surface area contributed by atoms with Crippen molar-refractivity contribution in [3.8, 4) is 0 Å². The number of amides is 1. The van der Waals surface area contributed by atoms with Crippen LogP contribution in [-0.4, -0.2) is 63.7 Å². The van der Waals surface area contributed by atoms with E-state index in [2.05, 4.69) is 5.32 Å². The second kappa shape index (κ2) is 25.9. The third kappa shape index (κ3) is 30.6. The molecule has 0 rings (SSSR count). The predicted octanol–water partition coefficient (Wildman–Crippen LogP) is 3.05. The van der Waals surface area contributed by atoms with Crippen LogP contribution in [0.2, 0.25) is 0 Å². The Morgan fingerprint density at radius 2 is 1.15 bits per heavy atom. The van der Waals surface area contributed by atoms with E-state index in [0.29, 0.717) is 26.4 Å². The topological polar surface area (TPSA) is 90.9 Å². The summed E-state index contributed by atoms with van der Waals surface area (Å²) in [5.74, 6) is -0.359. The predicted molar refractivity (Wildman–Crippen MR) is 108 cm³/mol. The molecule has 0 radical (unpaired) electrons. The first kappa shape index (κ1) is 35.7. The maximum atomic E-state index is 11.2. The molecule has 160 valence electrons. The van der Waals surface area contributed by atoms with Gasteiger partial charge in [-0.15, -0.1) is 0 Å². The Balaban J connectivity index is -0.000000367. The van der Waals surface area contributed by atoms with Crippen molar-refractivity contribution in [2.75, 3.05) is 46.2 Å². The Labute approximate surface area is 161 Å². The highest BCUT2D eigenvalue weighted by Gasteiger charge is 2.02. The molecular weight excluding hydrogens is 338 g/mol. The summed E-state index contributed by atoms with van der Waals surface area (Å²) in [6.07, 6.45) is 2.80. The van der Waals surface area contributed by atoms with Crippen molar-refractivity contribution in [3.63, 3.8) is 0 Å². The Bertz CT molecular complexity index is 334. The van der Waals surface area contributed by atoms with E-state index in [1.807, 2.05) is 0 Å². The zero-order valence-electron chi connectivity index (χ0n) is 13.5. The molecule has 0 heterocycles. The molecule has 7 nitrogen and oxygen atoms in total. The second-order valence-corrected chi connectivity index (χ2v) is 4.96. The molecule has 0 saturated carbocycles. The number of nitrogens with one attached hydrogen (secondary N) is 1. The second-order valence-electron chi connectivity index (χ2n) is 4.96. The molecule has 0 aromatic carbocycles. The smallest absolute Gasteiger partial charge is 0.246 e. The van der Waals surface area contributed by atoms with Crippen LogP contribution in [0, 0.1) is 0 Å². The van der Waals surface area contributed by atoms with Gasteiger partial charge in [-0.3, -0.25) is 14.4 Å². The zero-order chi connectivity index (χ0) is 16.6. The normalized spacial score (nSPS) is 8.85. The number of rotatable bonds is 15. The van der Waals surface area contributed by atoms with E-state index in [0.717, 1.165) is 19.3 Å². The van der Waals surface area contributed by atoms with Crippen molar-refractivity contribution in [1.82, 2.24) is 5.32 Å². The van der Waals surface area contributed by atoms with Gasteiger partial charge >= 0.3 is 0 Å². The average molecular weight is 382 g/mol. The highest BCUT2D eigenvalue weighted by atomic mass is 16.5. The molecular formula is C19H43NO6. The highest BCUT2D eigenvalue weighted by Crippen LogP contribution is 1.96. The summed E-state index contributed by atoms with van der Waals surface area (Å²) in [4.78, 5) is 32.4. The average Bonchev–Trinajstić information content (AvgIpc) is 2.45. The molecule has 0 atom stereocenters. The van der Waals surface area contributed by atoms with Crippen LogP contribution in [0.3, 0.4) is 0 Å². The number of ether oxygens (including phenoxy) is 3. The largest absolute Gasteiger partial charge is 0.379 e. The Morgan fingerprint density at radius 1 is 0.654 bits per heavy atom. The van der Waals surface area contributed by atoms with Gasteiger partial charge in [-0.2, -0.15) is 0 Å². The van der Waals surface area contributed by atoms with Gasteiger partial charge in [0.1, 0.15) is 19.0 Å². The lowest BCUT2D eigenvalue weighted by Gasteiger charge is -2.06. The molecule has 0 aliphatic heterocycles. The maximum Gasteiger partial charge on any atom is 0.246 e. The summed E-state index contributed by atoms with van der Waals surface area (Å²) in [7, 11) is 0. The standard InChI is InChI=1S/C15H27NO6.4CH4/c1-13(17)10-16-15(19)12-22-9-8-20-6-4-3-5-7-21-11-14(2)18;;;;/h3-12H2,1-2H3,(H,16,19);4*1H4. The molecule has 0 aliphatic carbocycles. The molecule has 0 saturated heterocycles. The number of unbranched alkanes of at least 4 members (excludes halogenated alkanes) is 2. The fourth-order valence-corrected chi connectivity index (χ4v) is 1.46. The molecule has 0 aliphatic rings. The lowest BCUT2D eigenvalue weighted by molar-refractivity contribution is -0.128. The van der Waals surface area contributed by atoms with Gasteiger partial charge in [-0.1, -0.05) is 29.7 Å². The summed E-state index contributed by atoms with van der Waals surface area (Å²) in [6, 6.07) is 0. The van der Waals surface area contributed by atoms with E-state index >= 15 is 0 Å². The Hall–Kier alpha value is -1.31. The third-order valence-electron chi connectivity index (χ3n) is 2.52. The van der Waals surface area contributed by atoms with Gasteiger partial charge in [0, 0.05) is 13.2 Å². The maximum absolute atomic E-state index is 11.2. The minimum atomic E-state index is -0.305. The van der Waals surface area contributed by atoms with Crippen LogP contribution in [0.15, 0.2) is 0 Å². The molecule has 0 bridgehead atoms. The first-order valence-electron chi connectivity index (χ1n) is 7.51. The molecule has 0 spiro atoms. The Morgan fingerprint density at radius 3 is 1.69 bits per heavy atom. The van der Waals surface area contributed by atoms with Gasteiger partial charge in [0.2, 0.25) is 5.91 Å². The van der Waals surface area contributed by atoms with Gasteiger partial charge in [0.05, 0.1) is 19.8 Å².